The van der Waals surface area contributed by atoms with Crippen molar-refractivity contribution in [2.45, 2.75) is 38.1 Å². The molecule has 0 spiro atoms. The molecule has 0 aliphatic carbocycles. The lowest BCUT2D eigenvalue weighted by atomic mass is 10.0. The van der Waals surface area contributed by atoms with E-state index in [0.29, 0.717) is 17.9 Å². The summed E-state index contributed by atoms with van der Waals surface area (Å²) in [5.41, 5.74) is 0.574. The molecule has 146 valence electrons. The molecular weight excluding hydrogens is 366 g/mol. The molecule has 0 radical (unpaired) electrons. The van der Waals surface area contributed by atoms with Gasteiger partial charge in [-0.25, -0.2) is 18.2 Å². The van der Waals surface area contributed by atoms with Crippen LogP contribution in [0.4, 0.5) is 11.5 Å². The van der Waals surface area contributed by atoms with E-state index in [1.54, 1.807) is 31.2 Å². The van der Waals surface area contributed by atoms with Crippen LogP contribution in [0.25, 0.3) is 0 Å². The van der Waals surface area contributed by atoms with Crippen molar-refractivity contribution < 1.29 is 18.3 Å². The summed E-state index contributed by atoms with van der Waals surface area (Å²) in [6.45, 7) is 5.91. The number of aromatic nitrogens is 1. The molecule has 2 N–H and O–H groups in total. The fourth-order valence-electron chi connectivity index (χ4n) is 2.70. The fraction of sp³-hybridized carbons (Fsp3) is 0.368. The zero-order valence-electron chi connectivity index (χ0n) is 15.7. The summed E-state index contributed by atoms with van der Waals surface area (Å²) in [7, 11) is -3.76. The molecule has 1 aromatic heterocycles. The number of nitrogens with one attached hydrogen (secondary N) is 1. The average Bonchev–Trinajstić information content (AvgIpc) is 2.62. The molecule has 1 heterocycles. The third kappa shape index (κ3) is 5.19. The van der Waals surface area contributed by atoms with Gasteiger partial charge in [0.15, 0.2) is 0 Å². The number of pyridine rings is 1. The van der Waals surface area contributed by atoms with Gasteiger partial charge in [-0.05, 0) is 43.5 Å². The van der Waals surface area contributed by atoms with Crippen LogP contribution in [0.5, 0.6) is 0 Å². The highest BCUT2D eigenvalue weighted by molar-refractivity contribution is 7.92. The van der Waals surface area contributed by atoms with Gasteiger partial charge in [-0.2, -0.15) is 0 Å². The van der Waals surface area contributed by atoms with Gasteiger partial charge >= 0.3 is 5.97 Å². The van der Waals surface area contributed by atoms with E-state index in [4.69, 9.17) is 0 Å². The van der Waals surface area contributed by atoms with Crippen molar-refractivity contribution in [1.82, 2.24) is 4.98 Å². The van der Waals surface area contributed by atoms with E-state index in [1.807, 2.05) is 19.9 Å². The van der Waals surface area contributed by atoms with Crippen molar-refractivity contribution in [2.24, 2.45) is 5.92 Å². The van der Waals surface area contributed by atoms with Gasteiger partial charge in [-0.1, -0.05) is 32.0 Å². The molecule has 8 heteroatoms. The van der Waals surface area contributed by atoms with Crippen molar-refractivity contribution in [3.8, 4) is 0 Å². The predicted octanol–water partition coefficient (Wildman–Crippen LogP) is 3.21. The molecule has 0 bridgehead atoms. The zero-order valence-corrected chi connectivity index (χ0v) is 16.5. The molecule has 1 unspecified atom stereocenters. The number of hydrogen-bond acceptors (Lipinski definition) is 5. The first-order valence-electron chi connectivity index (χ1n) is 8.79. The van der Waals surface area contributed by atoms with Crippen LogP contribution >= 0.6 is 0 Å². The molecule has 0 amide bonds. The van der Waals surface area contributed by atoms with Gasteiger partial charge in [-0.15, -0.1) is 0 Å². The molecule has 2 aromatic rings. The summed E-state index contributed by atoms with van der Waals surface area (Å²) in [4.78, 5) is 15.5. The number of anilines is 2. The summed E-state index contributed by atoms with van der Waals surface area (Å²) >= 11 is 0. The Kier molecular flexibility index (Phi) is 6.79. The normalized spacial score (nSPS) is 12.6. The van der Waals surface area contributed by atoms with Crippen LogP contribution < -0.4 is 9.62 Å². The number of nitrogens with zero attached hydrogens (tertiary/aromatic N) is 2. The van der Waals surface area contributed by atoms with Gasteiger partial charge in [-0.3, -0.25) is 4.31 Å². The number of carbonyl (C=O) groups is 1. The van der Waals surface area contributed by atoms with E-state index >= 15 is 0 Å². The Labute approximate surface area is 160 Å². The van der Waals surface area contributed by atoms with Gasteiger partial charge in [0.25, 0.3) is 10.0 Å². The predicted molar refractivity (Wildman–Crippen MR) is 105 cm³/mol. The molecular formula is C19H25N3O4S. The first-order valence-corrected chi connectivity index (χ1v) is 10.2. The Morgan fingerprint density at radius 2 is 1.85 bits per heavy atom. The topological polar surface area (TPSA) is 99.6 Å². The maximum atomic E-state index is 12.9. The lowest BCUT2D eigenvalue weighted by Gasteiger charge is -2.23. The van der Waals surface area contributed by atoms with Crippen LogP contribution in [-0.2, 0) is 14.8 Å². The van der Waals surface area contributed by atoms with Crippen molar-refractivity contribution in [1.29, 1.82) is 0 Å². The van der Waals surface area contributed by atoms with E-state index in [-0.39, 0.29) is 17.4 Å². The molecule has 1 aromatic carbocycles. The van der Waals surface area contributed by atoms with E-state index in [9.17, 15) is 18.3 Å². The minimum Gasteiger partial charge on any atom is -0.480 e. The molecule has 2 rings (SSSR count). The molecule has 0 fully saturated rings. The summed E-state index contributed by atoms with van der Waals surface area (Å²) in [6, 6.07) is 11.0. The highest BCUT2D eigenvalue weighted by Gasteiger charge is 2.24. The summed E-state index contributed by atoms with van der Waals surface area (Å²) < 4.78 is 27.1. The van der Waals surface area contributed by atoms with Gasteiger partial charge < -0.3 is 10.4 Å². The SMILES string of the molecule is CCN(c1ccccc1)S(=O)(=O)c1ccc(NC(CC(C)C)C(=O)O)nc1. The quantitative estimate of drug-likeness (QED) is 0.681. The Balaban J connectivity index is 2.23. The van der Waals surface area contributed by atoms with Gasteiger partial charge in [0, 0.05) is 12.7 Å². The number of benzene rings is 1. The van der Waals surface area contributed by atoms with E-state index < -0.39 is 22.0 Å². The van der Waals surface area contributed by atoms with Crippen molar-refractivity contribution in [3.05, 3.63) is 48.7 Å². The van der Waals surface area contributed by atoms with Gasteiger partial charge in [0.1, 0.15) is 16.8 Å². The van der Waals surface area contributed by atoms with Crippen LogP contribution in [0.1, 0.15) is 27.2 Å². The largest absolute Gasteiger partial charge is 0.480 e. The summed E-state index contributed by atoms with van der Waals surface area (Å²) in [5.74, 6) is -0.449. The van der Waals surface area contributed by atoms with E-state index in [0.717, 1.165) is 0 Å². The highest BCUT2D eigenvalue weighted by atomic mass is 32.2. The van der Waals surface area contributed by atoms with Crippen LogP contribution in [0.3, 0.4) is 0 Å². The van der Waals surface area contributed by atoms with E-state index in [2.05, 4.69) is 10.3 Å². The molecule has 0 aliphatic rings. The number of rotatable bonds is 9. The third-order valence-corrected chi connectivity index (χ3v) is 5.87. The van der Waals surface area contributed by atoms with Crippen LogP contribution in [0.2, 0.25) is 0 Å². The molecule has 1 atom stereocenters. The standard InChI is InChI=1S/C19H25N3O4S/c1-4-22(15-8-6-5-7-9-15)27(25,26)16-10-11-18(20-13-16)21-17(19(23)24)12-14(2)3/h5-11,13-14,17H,4,12H2,1-3H3,(H,20,21)(H,23,24). The molecule has 0 aliphatic heterocycles. The maximum absolute atomic E-state index is 12.9. The second-order valence-corrected chi connectivity index (χ2v) is 8.41. The van der Waals surface area contributed by atoms with Crippen LogP contribution in [0, 0.1) is 5.92 Å². The molecule has 0 saturated carbocycles. The highest BCUT2D eigenvalue weighted by Crippen LogP contribution is 2.23. The Morgan fingerprint density at radius 1 is 1.19 bits per heavy atom. The first-order chi connectivity index (χ1) is 12.8. The minimum atomic E-state index is -3.76. The van der Waals surface area contributed by atoms with Crippen molar-refractivity contribution >= 4 is 27.5 Å². The minimum absolute atomic E-state index is 0.0505. The summed E-state index contributed by atoms with van der Waals surface area (Å²) in [6.07, 6.45) is 1.69. The number of carboxylic acids is 1. The number of aliphatic carboxylic acids is 1. The summed E-state index contributed by atoms with van der Waals surface area (Å²) in [5, 5.41) is 12.1. The smallest absolute Gasteiger partial charge is 0.326 e. The van der Waals surface area contributed by atoms with Crippen molar-refractivity contribution in [2.75, 3.05) is 16.2 Å². The Hall–Kier alpha value is -2.61. The van der Waals surface area contributed by atoms with Gasteiger partial charge in [0.05, 0.1) is 5.69 Å². The molecule has 0 saturated heterocycles. The lowest BCUT2D eigenvalue weighted by molar-refractivity contribution is -0.138. The Morgan fingerprint density at radius 3 is 2.33 bits per heavy atom. The zero-order chi connectivity index (χ0) is 20.0. The van der Waals surface area contributed by atoms with Crippen molar-refractivity contribution in [3.63, 3.8) is 0 Å². The second-order valence-electron chi connectivity index (χ2n) is 6.55. The monoisotopic (exact) mass is 391 g/mol. The molecule has 7 nitrogen and oxygen atoms in total. The number of hydrogen-bond donors (Lipinski definition) is 2. The Bertz CT molecular complexity index is 852. The lowest BCUT2D eigenvalue weighted by Crippen LogP contribution is -2.32. The average molecular weight is 391 g/mol. The number of para-hydroxylation sites is 1. The van der Waals surface area contributed by atoms with Crippen LogP contribution in [-0.4, -0.2) is 37.1 Å². The number of carboxylic acid groups (broad SMARTS) is 1. The number of sulfonamides is 1. The second kappa shape index (κ2) is 8.85. The van der Waals surface area contributed by atoms with Gasteiger partial charge in [0.2, 0.25) is 0 Å². The fourth-order valence-corrected chi connectivity index (χ4v) is 4.12. The third-order valence-electron chi connectivity index (χ3n) is 3.98. The maximum Gasteiger partial charge on any atom is 0.326 e. The first kappa shape index (κ1) is 20.7. The van der Waals surface area contributed by atoms with Crippen LogP contribution in [0.15, 0.2) is 53.6 Å². The van der Waals surface area contributed by atoms with E-state index in [1.165, 1.54) is 22.6 Å². The molecule has 27 heavy (non-hydrogen) atoms.